The van der Waals surface area contributed by atoms with Crippen LogP contribution in [-0.4, -0.2) is 25.8 Å². The molecule has 2 nitrogen and oxygen atoms in total. The molecule has 4 rings (SSSR count). The van der Waals surface area contributed by atoms with Crippen LogP contribution >= 0.6 is 0 Å². The first-order valence-corrected chi connectivity index (χ1v) is 8.79. The Bertz CT molecular complexity index is 454. The Morgan fingerprint density at radius 3 is 2.57 bits per heavy atom. The molecule has 21 heavy (non-hydrogen) atoms. The zero-order valence-electron chi connectivity index (χ0n) is 12.8. The Kier molecular flexibility index (Phi) is 4.00. The van der Waals surface area contributed by atoms with Crippen molar-refractivity contribution in [3.8, 4) is 0 Å². The van der Waals surface area contributed by atoms with Crippen LogP contribution in [0.15, 0.2) is 30.3 Å². The molecule has 0 unspecified atom stereocenters. The highest BCUT2D eigenvalue weighted by Crippen LogP contribution is 2.54. The van der Waals surface area contributed by atoms with Crippen molar-refractivity contribution in [2.75, 3.05) is 19.8 Å². The van der Waals surface area contributed by atoms with Gasteiger partial charge in [0.15, 0.2) is 0 Å². The van der Waals surface area contributed by atoms with Gasteiger partial charge in [-0.3, -0.25) is 0 Å². The summed E-state index contributed by atoms with van der Waals surface area (Å²) in [5.74, 6) is 3.34. The van der Waals surface area contributed by atoms with Gasteiger partial charge in [-0.05, 0) is 42.6 Å². The van der Waals surface area contributed by atoms with Gasteiger partial charge in [0, 0.05) is 25.1 Å². The molecule has 0 radical (unpaired) electrons. The van der Waals surface area contributed by atoms with Gasteiger partial charge in [0.25, 0.3) is 0 Å². The van der Waals surface area contributed by atoms with Crippen LogP contribution in [-0.2, 0) is 4.74 Å². The molecule has 1 aliphatic heterocycles. The monoisotopic (exact) mass is 285 g/mol. The second kappa shape index (κ2) is 6.10. The highest BCUT2D eigenvalue weighted by atomic mass is 16.5. The van der Waals surface area contributed by atoms with E-state index in [0.29, 0.717) is 6.04 Å². The first-order valence-electron chi connectivity index (χ1n) is 8.79. The van der Waals surface area contributed by atoms with Crippen molar-refractivity contribution < 1.29 is 4.74 Å². The van der Waals surface area contributed by atoms with Crippen LogP contribution in [0.5, 0.6) is 0 Å². The second-order valence-corrected chi connectivity index (χ2v) is 7.21. The second-order valence-electron chi connectivity index (χ2n) is 7.21. The van der Waals surface area contributed by atoms with Crippen molar-refractivity contribution in [2.45, 2.75) is 44.1 Å². The summed E-state index contributed by atoms with van der Waals surface area (Å²) in [5, 5.41) is 3.93. The third-order valence-corrected chi connectivity index (χ3v) is 6.03. The average molecular weight is 285 g/mol. The van der Waals surface area contributed by atoms with E-state index in [1.54, 1.807) is 5.56 Å². The number of nitrogens with one attached hydrogen (secondary N) is 1. The van der Waals surface area contributed by atoms with Gasteiger partial charge in [0.1, 0.15) is 0 Å². The van der Waals surface area contributed by atoms with E-state index in [2.05, 4.69) is 35.6 Å². The third kappa shape index (κ3) is 2.64. The molecular weight excluding hydrogens is 258 g/mol. The molecule has 2 aliphatic carbocycles. The Morgan fingerprint density at radius 2 is 1.81 bits per heavy atom. The summed E-state index contributed by atoms with van der Waals surface area (Å²) in [6.07, 6.45) is 6.99. The number of benzene rings is 1. The van der Waals surface area contributed by atoms with Crippen LogP contribution in [0.1, 0.15) is 43.6 Å². The third-order valence-electron chi connectivity index (χ3n) is 6.03. The van der Waals surface area contributed by atoms with E-state index in [1.807, 2.05) is 0 Å². The molecule has 0 bridgehead atoms. The molecule has 1 heterocycles. The minimum absolute atomic E-state index is 0.707. The summed E-state index contributed by atoms with van der Waals surface area (Å²) in [7, 11) is 0. The summed E-state index contributed by atoms with van der Waals surface area (Å²) in [6.45, 7) is 3.08. The highest BCUT2D eigenvalue weighted by molar-refractivity contribution is 5.28. The van der Waals surface area contributed by atoms with E-state index >= 15 is 0 Å². The fourth-order valence-corrected chi connectivity index (χ4v) is 4.92. The summed E-state index contributed by atoms with van der Waals surface area (Å²) >= 11 is 0. The van der Waals surface area contributed by atoms with E-state index in [4.69, 9.17) is 4.74 Å². The minimum Gasteiger partial charge on any atom is -0.381 e. The molecule has 1 aromatic carbocycles. The number of hydrogen-bond donors (Lipinski definition) is 1. The zero-order chi connectivity index (χ0) is 14.1. The Hall–Kier alpha value is -0.860. The molecule has 114 valence electrons. The van der Waals surface area contributed by atoms with Crippen LogP contribution in [0.2, 0.25) is 0 Å². The van der Waals surface area contributed by atoms with Crippen LogP contribution in [0.4, 0.5) is 0 Å². The molecule has 2 heteroatoms. The van der Waals surface area contributed by atoms with Crippen LogP contribution in [0, 0.1) is 17.8 Å². The Morgan fingerprint density at radius 1 is 1.00 bits per heavy atom. The van der Waals surface area contributed by atoms with E-state index in [9.17, 15) is 0 Å². The fraction of sp³-hybridized carbons (Fsp3) is 0.684. The predicted molar refractivity (Wildman–Crippen MR) is 85.3 cm³/mol. The molecule has 3 aliphatic rings. The standard InChI is InChI=1S/C19H27NO/c1-2-6-15(7-3-1)18-16-8-4-5-9-17(16)19(18)20-12-14-10-11-21-13-14/h1-3,6-7,14,16-20H,4-5,8-13H2/t14-,16+,17+,18-,19-/m0/s1. The lowest BCUT2D eigenvalue weighted by Gasteiger charge is -2.55. The van der Waals surface area contributed by atoms with Gasteiger partial charge >= 0.3 is 0 Å². The predicted octanol–water partition coefficient (Wildman–Crippen LogP) is 3.58. The average Bonchev–Trinajstić information content (AvgIpc) is 3.03. The van der Waals surface area contributed by atoms with Gasteiger partial charge in [-0.15, -0.1) is 0 Å². The smallest absolute Gasteiger partial charge is 0.0507 e. The summed E-state index contributed by atoms with van der Waals surface area (Å²) < 4.78 is 5.52. The van der Waals surface area contributed by atoms with Gasteiger partial charge in [-0.25, -0.2) is 0 Å². The topological polar surface area (TPSA) is 21.3 Å². The molecular formula is C19H27NO. The van der Waals surface area contributed by atoms with Gasteiger partial charge < -0.3 is 10.1 Å². The zero-order valence-corrected chi connectivity index (χ0v) is 12.8. The van der Waals surface area contributed by atoms with Crippen LogP contribution in [0.3, 0.4) is 0 Å². The maximum absolute atomic E-state index is 5.52. The van der Waals surface area contributed by atoms with E-state index in [1.165, 1.54) is 32.1 Å². The maximum Gasteiger partial charge on any atom is 0.0507 e. The van der Waals surface area contributed by atoms with Gasteiger partial charge in [-0.1, -0.05) is 43.2 Å². The molecule has 0 aromatic heterocycles. The van der Waals surface area contributed by atoms with Crippen LogP contribution in [0.25, 0.3) is 0 Å². The van der Waals surface area contributed by atoms with Crippen molar-refractivity contribution in [2.24, 2.45) is 17.8 Å². The van der Waals surface area contributed by atoms with E-state index < -0.39 is 0 Å². The quantitative estimate of drug-likeness (QED) is 0.913. The first-order chi connectivity index (χ1) is 10.4. The number of hydrogen-bond acceptors (Lipinski definition) is 2. The lowest BCUT2D eigenvalue weighted by Crippen LogP contribution is -2.58. The molecule has 0 spiro atoms. The highest BCUT2D eigenvalue weighted by Gasteiger charge is 2.50. The number of rotatable bonds is 4. The summed E-state index contributed by atoms with van der Waals surface area (Å²) in [6, 6.07) is 11.9. The van der Waals surface area contributed by atoms with Gasteiger partial charge in [0.05, 0.1) is 6.61 Å². The van der Waals surface area contributed by atoms with Crippen molar-refractivity contribution in [3.05, 3.63) is 35.9 Å². The SMILES string of the molecule is c1ccc([C@H]2[C@@H]3CCCC[C@H]3[C@@H]2NC[C@@H]2CCOC2)cc1. The molecule has 1 aromatic rings. The maximum atomic E-state index is 5.52. The molecule has 2 saturated carbocycles. The molecule has 1 saturated heterocycles. The van der Waals surface area contributed by atoms with Crippen molar-refractivity contribution >= 4 is 0 Å². The Labute approximate surface area is 128 Å². The molecule has 3 fully saturated rings. The molecule has 0 amide bonds. The number of ether oxygens (including phenoxy) is 1. The number of fused-ring (bicyclic) bond motifs is 1. The van der Waals surface area contributed by atoms with E-state index in [-0.39, 0.29) is 0 Å². The lowest BCUT2D eigenvalue weighted by atomic mass is 9.53. The summed E-state index contributed by atoms with van der Waals surface area (Å²) in [5.41, 5.74) is 1.56. The lowest BCUT2D eigenvalue weighted by molar-refractivity contribution is 0.0240. The van der Waals surface area contributed by atoms with Crippen molar-refractivity contribution in [3.63, 3.8) is 0 Å². The Balaban J connectivity index is 1.46. The minimum atomic E-state index is 0.707. The molecule has 5 atom stereocenters. The fourth-order valence-electron chi connectivity index (χ4n) is 4.92. The van der Waals surface area contributed by atoms with Crippen LogP contribution < -0.4 is 5.32 Å². The van der Waals surface area contributed by atoms with Gasteiger partial charge in [-0.2, -0.15) is 0 Å². The first kappa shape index (κ1) is 13.8. The molecule has 1 N–H and O–H groups in total. The normalized spacial score (nSPS) is 38.8. The van der Waals surface area contributed by atoms with Crippen molar-refractivity contribution in [1.29, 1.82) is 0 Å². The van der Waals surface area contributed by atoms with E-state index in [0.717, 1.165) is 43.4 Å². The summed E-state index contributed by atoms with van der Waals surface area (Å²) in [4.78, 5) is 0. The van der Waals surface area contributed by atoms with Crippen molar-refractivity contribution in [1.82, 2.24) is 5.32 Å². The van der Waals surface area contributed by atoms with Gasteiger partial charge in [0.2, 0.25) is 0 Å². The largest absolute Gasteiger partial charge is 0.381 e.